The van der Waals surface area contributed by atoms with E-state index in [2.05, 4.69) is 20.9 Å². The maximum Gasteiger partial charge on any atom is 0.225 e. The molecule has 1 heterocycles. The standard InChI is InChI=1S/C20H30ClN5O2.HI/c1-14(2)19(28)26-12-10-17(13-26)25-20(22-3)23-11-4-5-18(27)24-16-8-6-15(21)7-9-16;/h6-9,14,17H,4-5,10-13H2,1-3H3,(H,24,27)(H2,22,23,25);1H. The van der Waals surface area contributed by atoms with Gasteiger partial charge in [0.1, 0.15) is 0 Å². The van der Waals surface area contributed by atoms with E-state index in [1.807, 2.05) is 18.7 Å². The van der Waals surface area contributed by atoms with Crippen molar-refractivity contribution in [3.63, 3.8) is 0 Å². The van der Waals surface area contributed by atoms with Crippen molar-refractivity contribution in [1.82, 2.24) is 15.5 Å². The summed E-state index contributed by atoms with van der Waals surface area (Å²) in [7, 11) is 1.72. The number of guanidine groups is 1. The van der Waals surface area contributed by atoms with Crippen LogP contribution in [0, 0.1) is 5.92 Å². The number of hydrogen-bond acceptors (Lipinski definition) is 3. The van der Waals surface area contributed by atoms with Gasteiger partial charge in [0.15, 0.2) is 5.96 Å². The maximum atomic E-state index is 12.1. The summed E-state index contributed by atoms with van der Waals surface area (Å²) in [6, 6.07) is 7.24. The molecule has 1 unspecified atom stereocenters. The van der Waals surface area contributed by atoms with Crippen molar-refractivity contribution in [3.8, 4) is 0 Å². The van der Waals surface area contributed by atoms with Crippen LogP contribution in [0.3, 0.4) is 0 Å². The molecule has 1 aromatic carbocycles. The van der Waals surface area contributed by atoms with Gasteiger partial charge < -0.3 is 20.9 Å². The molecule has 0 aromatic heterocycles. The topological polar surface area (TPSA) is 85.8 Å². The van der Waals surface area contributed by atoms with Crippen molar-refractivity contribution in [1.29, 1.82) is 0 Å². The summed E-state index contributed by atoms with van der Waals surface area (Å²) in [6.07, 6.45) is 2.00. The highest BCUT2D eigenvalue weighted by molar-refractivity contribution is 14.0. The van der Waals surface area contributed by atoms with Crippen LogP contribution in [0.2, 0.25) is 5.02 Å². The third-order valence-electron chi connectivity index (χ3n) is 4.56. The van der Waals surface area contributed by atoms with E-state index in [9.17, 15) is 9.59 Å². The Morgan fingerprint density at radius 3 is 2.59 bits per heavy atom. The van der Waals surface area contributed by atoms with Gasteiger partial charge in [0.25, 0.3) is 0 Å². The first kappa shape index (κ1) is 25.5. The van der Waals surface area contributed by atoms with Crippen LogP contribution in [-0.2, 0) is 9.59 Å². The molecule has 7 nitrogen and oxygen atoms in total. The summed E-state index contributed by atoms with van der Waals surface area (Å²) in [6.45, 7) is 5.95. The van der Waals surface area contributed by atoms with E-state index in [-0.39, 0.29) is 47.8 Å². The Kier molecular flexibility index (Phi) is 11.3. The zero-order valence-corrected chi connectivity index (χ0v) is 20.3. The lowest BCUT2D eigenvalue weighted by Gasteiger charge is -2.20. The van der Waals surface area contributed by atoms with Crippen molar-refractivity contribution in [3.05, 3.63) is 29.3 Å². The number of amides is 2. The van der Waals surface area contributed by atoms with Crippen LogP contribution in [0.4, 0.5) is 5.69 Å². The number of rotatable bonds is 7. The molecule has 1 aromatic rings. The highest BCUT2D eigenvalue weighted by Crippen LogP contribution is 2.14. The van der Waals surface area contributed by atoms with Gasteiger partial charge in [0.05, 0.1) is 0 Å². The Hall–Kier alpha value is -1.55. The molecule has 3 N–H and O–H groups in total. The first-order valence-corrected chi connectivity index (χ1v) is 10.1. The van der Waals surface area contributed by atoms with E-state index in [0.717, 1.165) is 18.7 Å². The molecule has 29 heavy (non-hydrogen) atoms. The molecule has 9 heteroatoms. The van der Waals surface area contributed by atoms with Crippen LogP contribution in [0.25, 0.3) is 0 Å². The number of aliphatic imine (C=N–C) groups is 1. The molecule has 0 radical (unpaired) electrons. The van der Waals surface area contributed by atoms with Gasteiger partial charge >= 0.3 is 0 Å². The minimum atomic E-state index is -0.0364. The fourth-order valence-corrected chi connectivity index (χ4v) is 3.17. The summed E-state index contributed by atoms with van der Waals surface area (Å²) in [5.74, 6) is 0.877. The predicted molar refractivity (Wildman–Crippen MR) is 129 cm³/mol. The van der Waals surface area contributed by atoms with Gasteiger partial charge in [0.2, 0.25) is 11.8 Å². The number of benzene rings is 1. The largest absolute Gasteiger partial charge is 0.356 e. The van der Waals surface area contributed by atoms with Gasteiger partial charge in [-0.1, -0.05) is 25.4 Å². The number of halogens is 2. The second kappa shape index (κ2) is 12.9. The number of nitrogens with zero attached hydrogens (tertiary/aromatic N) is 2. The normalized spacial score (nSPS) is 16.4. The number of nitrogens with one attached hydrogen (secondary N) is 3. The highest BCUT2D eigenvalue weighted by atomic mass is 127. The number of anilines is 1. The second-order valence-electron chi connectivity index (χ2n) is 7.23. The summed E-state index contributed by atoms with van der Waals surface area (Å²) >= 11 is 5.83. The van der Waals surface area contributed by atoms with Crippen LogP contribution in [0.15, 0.2) is 29.3 Å². The molecular formula is C20H31ClIN5O2. The minimum absolute atomic E-state index is 0. The van der Waals surface area contributed by atoms with Gasteiger partial charge in [-0.05, 0) is 37.1 Å². The van der Waals surface area contributed by atoms with Gasteiger partial charge in [-0.3, -0.25) is 14.6 Å². The Balaban J connectivity index is 0.00000420. The monoisotopic (exact) mass is 535 g/mol. The quantitative estimate of drug-likeness (QED) is 0.217. The lowest BCUT2D eigenvalue weighted by atomic mass is 10.2. The lowest BCUT2D eigenvalue weighted by molar-refractivity contribution is -0.133. The minimum Gasteiger partial charge on any atom is -0.356 e. The molecule has 1 atom stereocenters. The molecule has 2 rings (SSSR count). The predicted octanol–water partition coefficient (Wildman–Crippen LogP) is 3.10. The van der Waals surface area contributed by atoms with E-state index >= 15 is 0 Å². The van der Waals surface area contributed by atoms with Crippen molar-refractivity contribution < 1.29 is 9.59 Å². The van der Waals surface area contributed by atoms with E-state index in [1.54, 1.807) is 31.3 Å². The SMILES string of the molecule is CN=C(NCCCC(=O)Nc1ccc(Cl)cc1)NC1CCN(C(=O)C(C)C)C1.I. The first-order chi connectivity index (χ1) is 13.4. The molecule has 162 valence electrons. The third kappa shape index (κ3) is 8.77. The van der Waals surface area contributed by atoms with Crippen molar-refractivity contribution in [2.45, 2.75) is 39.2 Å². The van der Waals surface area contributed by atoms with Crippen molar-refractivity contribution >= 4 is 59.0 Å². The number of carbonyl (C=O) groups is 2. The van der Waals surface area contributed by atoms with Gasteiger partial charge in [-0.2, -0.15) is 0 Å². The summed E-state index contributed by atoms with van der Waals surface area (Å²) in [5.41, 5.74) is 0.738. The number of hydrogen-bond donors (Lipinski definition) is 3. The smallest absolute Gasteiger partial charge is 0.225 e. The molecule has 0 bridgehead atoms. The van der Waals surface area contributed by atoms with Crippen molar-refractivity contribution in [2.24, 2.45) is 10.9 Å². The second-order valence-corrected chi connectivity index (χ2v) is 7.66. The van der Waals surface area contributed by atoms with Crippen LogP contribution in [0.1, 0.15) is 33.1 Å². The van der Waals surface area contributed by atoms with E-state index in [1.165, 1.54) is 0 Å². The molecule has 1 fully saturated rings. The van der Waals surface area contributed by atoms with E-state index in [4.69, 9.17) is 11.6 Å². The summed E-state index contributed by atoms with van der Waals surface area (Å²) in [4.78, 5) is 30.2. The molecule has 1 aliphatic rings. The maximum absolute atomic E-state index is 12.1. The Bertz CT molecular complexity index is 697. The molecule has 0 aliphatic carbocycles. The molecule has 0 saturated carbocycles. The first-order valence-electron chi connectivity index (χ1n) is 9.70. The average molecular weight is 536 g/mol. The Labute approximate surface area is 195 Å². The highest BCUT2D eigenvalue weighted by Gasteiger charge is 2.27. The lowest BCUT2D eigenvalue weighted by Crippen LogP contribution is -2.45. The fourth-order valence-electron chi connectivity index (χ4n) is 3.04. The van der Waals surface area contributed by atoms with Gasteiger partial charge in [-0.15, -0.1) is 24.0 Å². The molecule has 1 aliphatic heterocycles. The summed E-state index contributed by atoms with van der Waals surface area (Å²) < 4.78 is 0. The fraction of sp³-hybridized carbons (Fsp3) is 0.550. The van der Waals surface area contributed by atoms with Crippen LogP contribution in [0.5, 0.6) is 0 Å². The number of carbonyl (C=O) groups excluding carboxylic acids is 2. The third-order valence-corrected chi connectivity index (χ3v) is 4.81. The zero-order chi connectivity index (χ0) is 20.5. The zero-order valence-electron chi connectivity index (χ0n) is 17.2. The van der Waals surface area contributed by atoms with Gasteiger partial charge in [0, 0.05) is 55.8 Å². The molecular weight excluding hydrogens is 505 g/mol. The van der Waals surface area contributed by atoms with Crippen molar-refractivity contribution in [2.75, 3.05) is 32.0 Å². The van der Waals surface area contributed by atoms with Crippen LogP contribution < -0.4 is 16.0 Å². The van der Waals surface area contributed by atoms with Crippen LogP contribution >= 0.6 is 35.6 Å². The Morgan fingerprint density at radius 2 is 1.97 bits per heavy atom. The summed E-state index contributed by atoms with van der Waals surface area (Å²) in [5, 5.41) is 10.1. The molecule has 1 saturated heterocycles. The van der Waals surface area contributed by atoms with E-state index in [0.29, 0.717) is 36.9 Å². The van der Waals surface area contributed by atoms with Crippen LogP contribution in [-0.4, -0.2) is 55.4 Å². The van der Waals surface area contributed by atoms with E-state index < -0.39 is 0 Å². The molecule has 0 spiro atoms. The number of likely N-dealkylation sites (tertiary alicyclic amines) is 1. The molecule has 2 amide bonds. The van der Waals surface area contributed by atoms with Gasteiger partial charge in [-0.25, -0.2) is 0 Å². The average Bonchev–Trinajstić information content (AvgIpc) is 3.13. The Morgan fingerprint density at radius 1 is 1.28 bits per heavy atom.